The summed E-state index contributed by atoms with van der Waals surface area (Å²) in [7, 11) is 0. The second-order valence-corrected chi connectivity index (χ2v) is 15.9. The summed E-state index contributed by atoms with van der Waals surface area (Å²) in [6, 6.07) is 2.35. The van der Waals surface area contributed by atoms with E-state index < -0.39 is 0 Å². The summed E-state index contributed by atoms with van der Waals surface area (Å²) >= 11 is 4.09. The molecule has 0 aromatic carbocycles. The van der Waals surface area contributed by atoms with Crippen molar-refractivity contribution < 1.29 is 4.74 Å². The average molecular weight is 575 g/mol. The molecule has 0 spiro atoms. The summed E-state index contributed by atoms with van der Waals surface area (Å²) in [5.41, 5.74) is 1.63. The minimum Gasteiger partial charge on any atom is -0.481 e. The Kier molecular flexibility index (Phi) is 14.9. The van der Waals surface area contributed by atoms with Crippen LogP contribution in [0.15, 0.2) is 11.6 Å². The Balaban J connectivity index is 1.77. The first-order chi connectivity index (χ1) is 18.9. The van der Waals surface area contributed by atoms with Crippen molar-refractivity contribution in [2.75, 3.05) is 5.75 Å². The second-order valence-electron chi connectivity index (χ2n) is 13.5. The maximum absolute atomic E-state index is 7.30. The molecule has 1 nitrogen and oxygen atoms in total. The molecule has 0 N–H and O–H groups in total. The Morgan fingerprint density at radius 1 is 0.821 bits per heavy atom. The Hall–Kier alpha value is -0.410. The van der Waals surface area contributed by atoms with E-state index in [0.29, 0.717) is 0 Å². The van der Waals surface area contributed by atoms with Gasteiger partial charge >= 0.3 is 0 Å². The van der Waals surface area contributed by atoms with Crippen LogP contribution in [0.3, 0.4) is 0 Å². The lowest BCUT2D eigenvalue weighted by atomic mass is 9.74. The molecule has 224 valence electrons. The number of thioether (sulfide) groups is 1. The van der Waals surface area contributed by atoms with E-state index in [1.54, 1.807) is 10.5 Å². The number of ether oxygens (including phenoxy) is 1. The van der Waals surface area contributed by atoms with E-state index in [1.165, 1.54) is 143 Å². The number of thiophene rings is 1. The van der Waals surface area contributed by atoms with E-state index in [2.05, 4.69) is 59.4 Å². The topological polar surface area (TPSA) is 9.23 Å². The van der Waals surface area contributed by atoms with Crippen molar-refractivity contribution in [3.05, 3.63) is 21.4 Å². The van der Waals surface area contributed by atoms with E-state index in [4.69, 9.17) is 4.74 Å². The van der Waals surface area contributed by atoms with Crippen LogP contribution < -0.4 is 4.74 Å². The summed E-state index contributed by atoms with van der Waals surface area (Å²) in [4.78, 5) is 4.47. The molecule has 2 aliphatic rings. The molecule has 0 bridgehead atoms. The quantitative estimate of drug-likeness (QED) is 0.135. The molecule has 1 aromatic rings. The molecule has 1 aromatic heterocycles. The van der Waals surface area contributed by atoms with E-state index in [9.17, 15) is 0 Å². The molecule has 3 heterocycles. The third-order valence-corrected chi connectivity index (χ3v) is 11.7. The summed E-state index contributed by atoms with van der Waals surface area (Å²) in [6.07, 6.45) is 25.9. The monoisotopic (exact) mass is 574 g/mol. The summed E-state index contributed by atoms with van der Waals surface area (Å²) in [6.45, 7) is 14.2. The lowest BCUT2D eigenvalue weighted by molar-refractivity contribution is 0.0538. The predicted molar refractivity (Wildman–Crippen MR) is 178 cm³/mol. The molecule has 0 aliphatic carbocycles. The molecule has 3 heteroatoms. The summed E-state index contributed by atoms with van der Waals surface area (Å²) in [5.74, 6) is 4.86. The van der Waals surface area contributed by atoms with E-state index in [-0.39, 0.29) is 5.60 Å². The van der Waals surface area contributed by atoms with Gasteiger partial charge in [0.05, 0.1) is 4.88 Å². The van der Waals surface area contributed by atoms with Crippen molar-refractivity contribution in [3.63, 3.8) is 0 Å². The highest BCUT2D eigenvalue weighted by Crippen LogP contribution is 2.57. The number of rotatable bonds is 21. The van der Waals surface area contributed by atoms with Gasteiger partial charge in [-0.3, -0.25) is 0 Å². The van der Waals surface area contributed by atoms with Gasteiger partial charge in [-0.2, -0.15) is 0 Å². The van der Waals surface area contributed by atoms with Gasteiger partial charge in [-0.15, -0.1) is 23.1 Å². The molecule has 3 rings (SSSR count). The first kappa shape index (κ1) is 33.1. The van der Waals surface area contributed by atoms with Gasteiger partial charge in [0.2, 0.25) is 0 Å². The predicted octanol–water partition coefficient (Wildman–Crippen LogP) is 13.0. The molecule has 2 aliphatic heterocycles. The Morgan fingerprint density at radius 3 is 2.18 bits per heavy atom. The Bertz CT molecular complexity index is 852. The van der Waals surface area contributed by atoms with Crippen LogP contribution in [0.5, 0.6) is 5.75 Å². The number of unbranched alkanes of at least 4 members (excludes halogenated alkanes) is 8. The molecule has 3 unspecified atom stereocenters. The maximum Gasteiger partial charge on any atom is 0.140 e. The number of fused-ring (bicyclic) bond motifs is 2. The highest BCUT2D eigenvalue weighted by molar-refractivity contribution is 8.08. The molecule has 0 saturated carbocycles. The first-order valence-corrected chi connectivity index (χ1v) is 18.8. The lowest BCUT2D eigenvalue weighted by Gasteiger charge is -2.42. The van der Waals surface area contributed by atoms with Crippen molar-refractivity contribution >= 4 is 28.0 Å². The molecule has 0 fully saturated rings. The van der Waals surface area contributed by atoms with Crippen molar-refractivity contribution in [3.8, 4) is 5.75 Å². The highest BCUT2D eigenvalue weighted by atomic mass is 32.2. The fourth-order valence-corrected chi connectivity index (χ4v) is 9.36. The minimum absolute atomic E-state index is 0.0662. The highest BCUT2D eigenvalue weighted by Gasteiger charge is 2.46. The summed E-state index contributed by atoms with van der Waals surface area (Å²) < 4.78 is 7.30. The van der Waals surface area contributed by atoms with Gasteiger partial charge in [-0.25, -0.2) is 0 Å². The SMILES string of the molecule is CCCCCCCCC(CCCCCC)CC1(CCC(C)CCCC(C)C)Oc2cc(C)sc2C2=C1CCS2. The van der Waals surface area contributed by atoms with Gasteiger partial charge in [0.15, 0.2) is 0 Å². The number of hydrogen-bond acceptors (Lipinski definition) is 3. The molecule has 0 radical (unpaired) electrons. The van der Waals surface area contributed by atoms with Crippen LogP contribution in [-0.2, 0) is 0 Å². The molecular formula is C36H62OS2. The van der Waals surface area contributed by atoms with Gasteiger partial charge in [-0.1, -0.05) is 131 Å². The van der Waals surface area contributed by atoms with Crippen molar-refractivity contribution in [2.45, 2.75) is 169 Å². The second kappa shape index (κ2) is 17.5. The fourth-order valence-electron chi connectivity index (χ4n) is 6.95. The van der Waals surface area contributed by atoms with Crippen LogP contribution in [0.25, 0.3) is 4.91 Å². The average Bonchev–Trinajstić information content (AvgIpc) is 3.54. The van der Waals surface area contributed by atoms with Crippen LogP contribution in [0.1, 0.15) is 166 Å². The molecule has 0 amide bonds. The molecular weight excluding hydrogens is 513 g/mol. The number of aryl methyl sites for hydroxylation is 1. The van der Waals surface area contributed by atoms with Crippen LogP contribution >= 0.6 is 23.1 Å². The summed E-state index contributed by atoms with van der Waals surface area (Å²) in [5, 5.41) is 0. The van der Waals surface area contributed by atoms with E-state index in [0.717, 1.165) is 17.8 Å². The Labute approximate surface area is 251 Å². The zero-order valence-corrected chi connectivity index (χ0v) is 28.3. The van der Waals surface area contributed by atoms with Gasteiger partial charge in [0.1, 0.15) is 11.4 Å². The smallest absolute Gasteiger partial charge is 0.140 e. The zero-order valence-electron chi connectivity index (χ0n) is 26.7. The van der Waals surface area contributed by atoms with Crippen LogP contribution in [0, 0.1) is 24.7 Å². The van der Waals surface area contributed by atoms with Crippen LogP contribution in [-0.4, -0.2) is 11.4 Å². The largest absolute Gasteiger partial charge is 0.481 e. The lowest BCUT2D eigenvalue weighted by Crippen LogP contribution is -2.42. The van der Waals surface area contributed by atoms with Crippen molar-refractivity contribution in [1.82, 2.24) is 0 Å². The molecule has 3 atom stereocenters. The van der Waals surface area contributed by atoms with Gasteiger partial charge < -0.3 is 4.74 Å². The van der Waals surface area contributed by atoms with Crippen LogP contribution in [0.4, 0.5) is 0 Å². The molecule has 39 heavy (non-hydrogen) atoms. The van der Waals surface area contributed by atoms with Crippen LogP contribution in [0.2, 0.25) is 0 Å². The Morgan fingerprint density at radius 2 is 1.49 bits per heavy atom. The van der Waals surface area contributed by atoms with Gasteiger partial charge in [0.25, 0.3) is 0 Å². The third-order valence-electron chi connectivity index (χ3n) is 9.32. The normalized spacial score (nSPS) is 20.3. The standard InChI is InChI=1S/C36H62OS2/c1-7-9-11-13-14-16-21-31(20-15-12-10-8-2)27-36(24-22-29(5)19-17-18-28(3)4)32-23-25-38-34(32)35-33(37-36)26-30(6)39-35/h26,28-29,31H,7-25,27H2,1-6H3. The maximum atomic E-state index is 7.30. The third kappa shape index (κ3) is 10.4. The van der Waals surface area contributed by atoms with E-state index >= 15 is 0 Å². The van der Waals surface area contributed by atoms with E-state index in [1.807, 2.05) is 11.3 Å². The first-order valence-electron chi connectivity index (χ1n) is 17.0. The minimum atomic E-state index is -0.0662. The zero-order chi connectivity index (χ0) is 28.1. The van der Waals surface area contributed by atoms with Crippen molar-refractivity contribution in [2.24, 2.45) is 17.8 Å². The van der Waals surface area contributed by atoms with Crippen molar-refractivity contribution in [1.29, 1.82) is 0 Å². The fraction of sp³-hybridized carbons (Fsp3) is 0.833. The molecule has 0 saturated heterocycles. The van der Waals surface area contributed by atoms with Gasteiger partial charge in [-0.05, 0) is 62.0 Å². The van der Waals surface area contributed by atoms with Gasteiger partial charge in [0, 0.05) is 15.5 Å². The number of hydrogen-bond donors (Lipinski definition) is 0.